The molecule has 1 aromatic rings. The van der Waals surface area contributed by atoms with Crippen molar-refractivity contribution in [2.45, 2.75) is 0 Å². The van der Waals surface area contributed by atoms with Gasteiger partial charge in [0.05, 0.1) is 0 Å². The van der Waals surface area contributed by atoms with Gasteiger partial charge in [-0.2, -0.15) is 0 Å². The first kappa shape index (κ1) is 8.61. The highest BCUT2D eigenvalue weighted by atomic mass is 32.1. The van der Waals surface area contributed by atoms with Gasteiger partial charge in [0, 0.05) is 11.8 Å². The van der Waals surface area contributed by atoms with Crippen molar-refractivity contribution in [1.82, 2.24) is 4.98 Å². The minimum Gasteiger partial charge on any atom is -0.477 e. The second-order valence-electron chi connectivity index (χ2n) is 2.10. The van der Waals surface area contributed by atoms with Gasteiger partial charge >= 0.3 is 5.97 Å². The Kier molecular flexibility index (Phi) is 2.35. The molecule has 1 rings (SSSR count). The lowest BCUT2D eigenvalue weighted by Crippen LogP contribution is -2.10. The van der Waals surface area contributed by atoms with Crippen LogP contribution in [-0.2, 0) is 0 Å². The van der Waals surface area contributed by atoms with E-state index in [2.05, 4.69) is 17.2 Å². The van der Waals surface area contributed by atoms with Crippen LogP contribution in [0.15, 0.2) is 18.3 Å². The van der Waals surface area contributed by atoms with E-state index in [1.807, 2.05) is 0 Å². The molecule has 0 spiro atoms. The molecule has 4 nitrogen and oxygen atoms in total. The van der Waals surface area contributed by atoms with Crippen LogP contribution >= 0.6 is 12.2 Å². The predicted molar refractivity (Wildman–Crippen MR) is 47.1 cm³/mol. The molecular weight excluding hydrogens is 176 g/mol. The molecule has 1 heterocycles. The molecule has 0 aliphatic rings. The van der Waals surface area contributed by atoms with Crippen molar-refractivity contribution in [1.29, 1.82) is 0 Å². The van der Waals surface area contributed by atoms with E-state index >= 15 is 0 Å². The minimum absolute atomic E-state index is 0.0185. The average molecular weight is 182 g/mol. The first-order valence-corrected chi connectivity index (χ1v) is 3.51. The normalized spacial score (nSPS) is 9.33. The summed E-state index contributed by atoms with van der Waals surface area (Å²) >= 11 is 4.66. The lowest BCUT2D eigenvalue weighted by atomic mass is 10.2. The van der Waals surface area contributed by atoms with Gasteiger partial charge in [0.1, 0.15) is 10.7 Å². The van der Waals surface area contributed by atoms with Crippen molar-refractivity contribution in [3.05, 3.63) is 29.6 Å². The smallest absolute Gasteiger partial charge is 0.354 e. The maximum atomic E-state index is 10.4. The zero-order valence-electron chi connectivity index (χ0n) is 6.02. The van der Waals surface area contributed by atoms with Gasteiger partial charge in [-0.05, 0) is 12.1 Å². The first-order chi connectivity index (χ1) is 5.61. The van der Waals surface area contributed by atoms with Crippen molar-refractivity contribution < 1.29 is 9.90 Å². The zero-order valence-corrected chi connectivity index (χ0v) is 6.84. The van der Waals surface area contributed by atoms with E-state index in [1.165, 1.54) is 18.3 Å². The molecule has 0 bridgehead atoms. The van der Waals surface area contributed by atoms with E-state index < -0.39 is 5.97 Å². The number of nitrogens with two attached hydrogens (primary N) is 1. The highest BCUT2D eigenvalue weighted by Crippen LogP contribution is 1.99. The second kappa shape index (κ2) is 3.27. The summed E-state index contributed by atoms with van der Waals surface area (Å²) in [7, 11) is 0. The van der Waals surface area contributed by atoms with Gasteiger partial charge in [-0.25, -0.2) is 9.78 Å². The van der Waals surface area contributed by atoms with E-state index in [9.17, 15) is 4.79 Å². The van der Waals surface area contributed by atoms with Crippen LogP contribution in [0.25, 0.3) is 0 Å². The number of aromatic nitrogens is 1. The predicted octanol–water partition coefficient (Wildman–Crippen LogP) is 0.414. The van der Waals surface area contributed by atoms with E-state index in [0.717, 1.165) is 0 Å². The fourth-order valence-electron chi connectivity index (χ4n) is 0.666. The summed E-state index contributed by atoms with van der Waals surface area (Å²) < 4.78 is 0. The number of hydrogen-bond donors (Lipinski definition) is 2. The fourth-order valence-corrected chi connectivity index (χ4v) is 0.787. The molecule has 0 aliphatic carbocycles. The van der Waals surface area contributed by atoms with E-state index in [-0.39, 0.29) is 10.7 Å². The molecule has 0 fully saturated rings. The molecule has 0 amide bonds. The molecule has 12 heavy (non-hydrogen) atoms. The number of pyridine rings is 1. The number of nitrogens with zero attached hydrogens (tertiary/aromatic N) is 1. The van der Waals surface area contributed by atoms with Gasteiger partial charge in [-0.3, -0.25) is 0 Å². The molecule has 0 aromatic carbocycles. The van der Waals surface area contributed by atoms with Crippen LogP contribution in [0.3, 0.4) is 0 Å². The summed E-state index contributed by atoms with van der Waals surface area (Å²) in [6.45, 7) is 0. The van der Waals surface area contributed by atoms with E-state index in [0.29, 0.717) is 5.56 Å². The molecule has 62 valence electrons. The van der Waals surface area contributed by atoms with Gasteiger partial charge in [0.15, 0.2) is 0 Å². The maximum absolute atomic E-state index is 10.4. The minimum atomic E-state index is -1.07. The first-order valence-electron chi connectivity index (χ1n) is 3.10. The summed E-state index contributed by atoms with van der Waals surface area (Å²) in [6.07, 6.45) is 1.34. The maximum Gasteiger partial charge on any atom is 0.354 e. The Balaban J connectivity index is 3.01. The Morgan fingerprint density at radius 3 is 2.58 bits per heavy atom. The number of carboxylic acid groups (broad SMARTS) is 1. The molecule has 0 aliphatic heterocycles. The number of carboxylic acids is 1. The third kappa shape index (κ3) is 1.76. The summed E-state index contributed by atoms with van der Waals surface area (Å²) in [5.41, 5.74) is 5.83. The summed E-state index contributed by atoms with van der Waals surface area (Å²) in [4.78, 5) is 14.2. The van der Waals surface area contributed by atoms with Gasteiger partial charge in [-0.15, -0.1) is 0 Å². The lowest BCUT2D eigenvalue weighted by Gasteiger charge is -1.96. The molecule has 0 saturated heterocycles. The highest BCUT2D eigenvalue weighted by Gasteiger charge is 2.03. The topological polar surface area (TPSA) is 76.2 Å². The van der Waals surface area contributed by atoms with Crippen LogP contribution in [-0.4, -0.2) is 21.0 Å². The van der Waals surface area contributed by atoms with Crippen LogP contribution in [0.1, 0.15) is 16.1 Å². The van der Waals surface area contributed by atoms with Crippen molar-refractivity contribution in [2.24, 2.45) is 5.73 Å². The Bertz CT molecular complexity index is 288. The van der Waals surface area contributed by atoms with Crippen LogP contribution in [0.4, 0.5) is 0 Å². The van der Waals surface area contributed by atoms with Crippen LogP contribution in [0.5, 0.6) is 0 Å². The fraction of sp³-hybridized carbons (Fsp3) is 0. The van der Waals surface area contributed by atoms with Crippen LogP contribution in [0.2, 0.25) is 0 Å². The Labute approximate surface area is 74.0 Å². The van der Waals surface area contributed by atoms with E-state index in [1.54, 1.807) is 0 Å². The van der Waals surface area contributed by atoms with Crippen molar-refractivity contribution in [3.63, 3.8) is 0 Å². The Hall–Kier alpha value is -1.49. The Morgan fingerprint density at radius 2 is 2.25 bits per heavy atom. The summed E-state index contributed by atoms with van der Waals surface area (Å²) in [6, 6.07) is 2.88. The highest BCUT2D eigenvalue weighted by molar-refractivity contribution is 7.80. The number of rotatable bonds is 2. The van der Waals surface area contributed by atoms with E-state index in [4.69, 9.17) is 10.8 Å². The SMILES string of the molecule is NC(=S)c1ccc(C(=O)O)nc1. The monoisotopic (exact) mass is 182 g/mol. The molecule has 0 atom stereocenters. The number of carbonyl (C=O) groups is 1. The quantitative estimate of drug-likeness (QED) is 0.648. The van der Waals surface area contributed by atoms with Gasteiger partial charge in [0.25, 0.3) is 0 Å². The lowest BCUT2D eigenvalue weighted by molar-refractivity contribution is 0.0690. The largest absolute Gasteiger partial charge is 0.477 e. The van der Waals surface area contributed by atoms with Crippen molar-refractivity contribution >= 4 is 23.2 Å². The third-order valence-electron chi connectivity index (χ3n) is 1.27. The summed E-state index contributed by atoms with van der Waals surface area (Å²) in [5.74, 6) is -1.07. The second-order valence-corrected chi connectivity index (χ2v) is 2.54. The summed E-state index contributed by atoms with van der Waals surface area (Å²) in [5, 5.41) is 8.49. The molecule has 1 aromatic heterocycles. The van der Waals surface area contributed by atoms with Crippen LogP contribution < -0.4 is 5.73 Å². The van der Waals surface area contributed by atoms with Crippen LogP contribution in [0, 0.1) is 0 Å². The number of thiocarbonyl (C=S) groups is 1. The Morgan fingerprint density at radius 1 is 1.58 bits per heavy atom. The van der Waals surface area contributed by atoms with Crippen molar-refractivity contribution in [3.8, 4) is 0 Å². The van der Waals surface area contributed by atoms with Crippen molar-refractivity contribution in [2.75, 3.05) is 0 Å². The standard InChI is InChI=1S/C7H6N2O2S/c8-6(12)4-1-2-5(7(10)11)9-3-4/h1-3H,(H2,8,12)(H,10,11). The average Bonchev–Trinajstić information content (AvgIpc) is 2.04. The molecule has 0 unspecified atom stereocenters. The van der Waals surface area contributed by atoms with Gasteiger partial charge < -0.3 is 10.8 Å². The number of hydrogen-bond acceptors (Lipinski definition) is 3. The molecule has 0 radical (unpaired) electrons. The number of aromatic carboxylic acids is 1. The molecule has 5 heteroatoms. The molecule has 0 saturated carbocycles. The molecular formula is C7H6N2O2S. The van der Waals surface area contributed by atoms with Gasteiger partial charge in [-0.1, -0.05) is 12.2 Å². The third-order valence-corrected chi connectivity index (χ3v) is 1.50. The zero-order chi connectivity index (χ0) is 9.14. The van der Waals surface area contributed by atoms with Gasteiger partial charge in [0.2, 0.25) is 0 Å². The molecule has 3 N–H and O–H groups in total.